The van der Waals surface area contributed by atoms with Gasteiger partial charge in [-0.1, -0.05) is 80.2 Å². The highest BCUT2D eigenvalue weighted by atomic mass is 16.6. The van der Waals surface area contributed by atoms with E-state index in [0.29, 0.717) is 38.5 Å². The molecule has 3 aliphatic heterocycles. The van der Waals surface area contributed by atoms with Crippen molar-refractivity contribution in [3.05, 3.63) is 72.4 Å². The zero-order valence-electron chi connectivity index (χ0n) is 23.5. The Morgan fingerprint density at radius 1 is 1.08 bits per heavy atom. The number of allylic oxidation sites excluding steroid dienone is 6. The van der Waals surface area contributed by atoms with Crippen molar-refractivity contribution >= 4 is 5.97 Å². The Balaban J connectivity index is 1.84. The van der Waals surface area contributed by atoms with Crippen LogP contribution in [0.1, 0.15) is 59.3 Å². The van der Waals surface area contributed by atoms with Crippen LogP contribution in [-0.2, 0) is 19.0 Å². The Bertz CT molecular complexity index is 962. The van der Waals surface area contributed by atoms with E-state index in [2.05, 4.69) is 18.2 Å². The van der Waals surface area contributed by atoms with Crippen LogP contribution in [0.5, 0.6) is 0 Å². The molecule has 3 N–H and O–H groups in total. The van der Waals surface area contributed by atoms with Gasteiger partial charge in [-0.2, -0.15) is 0 Å². The Morgan fingerprint density at radius 3 is 2.67 bits per heavy atom. The summed E-state index contributed by atoms with van der Waals surface area (Å²) in [6.07, 6.45) is 22.4. The average molecular weight is 543 g/mol. The number of carbonyl (C=O) groups is 1. The maximum atomic E-state index is 12.8. The predicted molar refractivity (Wildman–Crippen MR) is 152 cm³/mol. The van der Waals surface area contributed by atoms with E-state index in [-0.39, 0.29) is 43.5 Å². The quantitative estimate of drug-likeness (QED) is 0.347. The molecule has 0 amide bonds. The molecular formula is C32H46O7. The largest absolute Gasteiger partial charge is 0.458 e. The first-order chi connectivity index (χ1) is 18.8. The Hall–Kier alpha value is -2.29. The van der Waals surface area contributed by atoms with Crippen molar-refractivity contribution in [3.8, 4) is 0 Å². The first-order valence-electron chi connectivity index (χ1n) is 14.2. The number of rotatable bonds is 5. The van der Waals surface area contributed by atoms with E-state index in [9.17, 15) is 15.0 Å². The zero-order valence-corrected chi connectivity index (χ0v) is 23.5. The summed E-state index contributed by atoms with van der Waals surface area (Å²) >= 11 is 0. The van der Waals surface area contributed by atoms with Crippen molar-refractivity contribution in [2.45, 2.75) is 95.9 Å². The van der Waals surface area contributed by atoms with Gasteiger partial charge in [0.2, 0.25) is 0 Å². The number of aliphatic hydroxyl groups is 3. The molecule has 3 heterocycles. The smallest absolute Gasteiger partial charge is 0.331 e. The Kier molecular flexibility index (Phi) is 12.4. The first kappa shape index (κ1) is 31.2. The second-order valence-electron chi connectivity index (χ2n) is 11.1. The summed E-state index contributed by atoms with van der Waals surface area (Å²) < 4.78 is 18.5. The summed E-state index contributed by atoms with van der Waals surface area (Å²) in [6.45, 7) is 5.83. The molecule has 0 aliphatic carbocycles. The van der Waals surface area contributed by atoms with Gasteiger partial charge in [-0.25, -0.2) is 4.79 Å². The molecule has 39 heavy (non-hydrogen) atoms. The van der Waals surface area contributed by atoms with Crippen LogP contribution >= 0.6 is 0 Å². The van der Waals surface area contributed by atoms with Crippen molar-refractivity contribution in [1.82, 2.24) is 0 Å². The van der Waals surface area contributed by atoms with Gasteiger partial charge in [-0.05, 0) is 32.6 Å². The van der Waals surface area contributed by atoms with Crippen LogP contribution in [0.25, 0.3) is 0 Å². The third kappa shape index (κ3) is 9.12. The monoisotopic (exact) mass is 542 g/mol. The van der Waals surface area contributed by atoms with Crippen molar-refractivity contribution < 1.29 is 34.3 Å². The summed E-state index contributed by atoms with van der Waals surface area (Å²) in [5, 5.41) is 30.0. The van der Waals surface area contributed by atoms with Gasteiger partial charge in [-0.15, -0.1) is 0 Å². The second-order valence-corrected chi connectivity index (χ2v) is 11.1. The summed E-state index contributed by atoms with van der Waals surface area (Å²) in [7, 11) is 0. The number of hydrogen-bond donors (Lipinski definition) is 3. The molecule has 0 radical (unpaired) electrons. The molecular weight excluding hydrogens is 496 g/mol. The molecule has 8 atom stereocenters. The van der Waals surface area contributed by atoms with Crippen molar-refractivity contribution in [3.63, 3.8) is 0 Å². The lowest BCUT2D eigenvalue weighted by atomic mass is 9.73. The van der Waals surface area contributed by atoms with Crippen LogP contribution in [0, 0.1) is 11.3 Å². The predicted octanol–water partition coefficient (Wildman–Crippen LogP) is 4.50. The molecule has 3 aliphatic rings. The minimum atomic E-state index is -0.779. The molecule has 4 bridgehead atoms. The molecule has 0 spiro atoms. The highest BCUT2D eigenvalue weighted by Crippen LogP contribution is 2.41. The second kappa shape index (κ2) is 15.5. The van der Waals surface area contributed by atoms with Crippen molar-refractivity contribution in [2.24, 2.45) is 11.3 Å². The molecule has 0 saturated carbocycles. The Morgan fingerprint density at radius 2 is 1.90 bits per heavy atom. The molecule has 0 aromatic heterocycles. The maximum absolute atomic E-state index is 12.8. The van der Waals surface area contributed by atoms with Gasteiger partial charge < -0.3 is 29.5 Å². The summed E-state index contributed by atoms with van der Waals surface area (Å²) in [6, 6.07) is 0. The van der Waals surface area contributed by atoms with Crippen LogP contribution in [0.3, 0.4) is 0 Å². The fraction of sp³-hybridized carbons (Fsp3) is 0.594. The van der Waals surface area contributed by atoms with E-state index in [1.54, 1.807) is 12.2 Å². The lowest BCUT2D eigenvalue weighted by Crippen LogP contribution is -2.55. The minimum Gasteiger partial charge on any atom is -0.458 e. The van der Waals surface area contributed by atoms with Gasteiger partial charge in [-0.3, -0.25) is 0 Å². The summed E-state index contributed by atoms with van der Waals surface area (Å²) in [4.78, 5) is 12.8. The van der Waals surface area contributed by atoms with Gasteiger partial charge >= 0.3 is 5.97 Å². The third-order valence-electron chi connectivity index (χ3n) is 7.96. The van der Waals surface area contributed by atoms with E-state index in [1.807, 2.05) is 51.2 Å². The van der Waals surface area contributed by atoms with Crippen LogP contribution in [0.15, 0.2) is 72.4 Å². The van der Waals surface area contributed by atoms with Crippen LogP contribution in [0.4, 0.5) is 0 Å². The number of aliphatic hydroxyl groups excluding tert-OH is 3. The van der Waals surface area contributed by atoms with Crippen LogP contribution in [-0.4, -0.2) is 71.1 Å². The van der Waals surface area contributed by atoms with E-state index in [0.717, 1.165) is 5.57 Å². The molecule has 2 saturated heterocycles. The standard InChI is InChI=1S/C32H46O7/c1-23-13-7-4-8-15-26-21-30(32(3,22-34)29(38-26)16-10-6-12-18-33)39-31(36)17-11-5-9-14-25-20-27(35)24(2)28(19-23)37-25/h5-11,13,15,17,19,24-30,33-35H,4,12,14,16,18,20-22H2,1-3H3/b9-5+,10-6-,13-7?,15-8+,17-11+,23-19?. The fourth-order valence-corrected chi connectivity index (χ4v) is 5.30. The average Bonchev–Trinajstić information content (AvgIpc) is 2.90. The lowest BCUT2D eigenvalue weighted by molar-refractivity contribution is -0.198. The summed E-state index contributed by atoms with van der Waals surface area (Å²) in [5.41, 5.74) is 0.300. The number of esters is 1. The fourth-order valence-electron chi connectivity index (χ4n) is 5.30. The molecule has 216 valence electrons. The molecule has 3 rings (SSSR count). The van der Waals surface area contributed by atoms with E-state index < -0.39 is 23.6 Å². The van der Waals surface area contributed by atoms with E-state index in [4.69, 9.17) is 19.3 Å². The topological polar surface area (TPSA) is 105 Å². The number of hydrogen-bond acceptors (Lipinski definition) is 7. The molecule has 0 aromatic carbocycles. The SMILES string of the molecule is CC1=CC2OC(C/C=C/C=C/C(=O)OC3CC(/C=C/CC=C1)OC(C/C=C\CCO)C3(C)CO)CC(O)C2C. The molecule has 7 heteroatoms. The Labute approximate surface area is 233 Å². The molecule has 0 aromatic rings. The number of carbonyl (C=O) groups excluding carboxylic acids is 1. The summed E-state index contributed by atoms with van der Waals surface area (Å²) in [5.74, 6) is -0.465. The van der Waals surface area contributed by atoms with E-state index in [1.165, 1.54) is 6.08 Å². The highest BCUT2D eigenvalue weighted by Gasteiger charge is 2.48. The minimum absolute atomic E-state index is 0.00781. The number of fused-ring (bicyclic) bond motifs is 4. The van der Waals surface area contributed by atoms with Gasteiger partial charge in [0.1, 0.15) is 6.10 Å². The van der Waals surface area contributed by atoms with Crippen molar-refractivity contribution in [1.29, 1.82) is 0 Å². The molecule has 8 unspecified atom stereocenters. The molecule has 2 fully saturated rings. The number of ether oxygens (including phenoxy) is 3. The lowest BCUT2D eigenvalue weighted by Gasteiger charge is -2.47. The van der Waals surface area contributed by atoms with Crippen LogP contribution < -0.4 is 0 Å². The zero-order chi connectivity index (χ0) is 28.3. The van der Waals surface area contributed by atoms with Gasteiger partial charge in [0.25, 0.3) is 0 Å². The van der Waals surface area contributed by atoms with Gasteiger partial charge in [0, 0.05) is 31.4 Å². The first-order valence-corrected chi connectivity index (χ1v) is 14.2. The van der Waals surface area contributed by atoms with Crippen LogP contribution in [0.2, 0.25) is 0 Å². The van der Waals surface area contributed by atoms with Gasteiger partial charge in [0.05, 0.1) is 42.5 Å². The maximum Gasteiger partial charge on any atom is 0.331 e. The third-order valence-corrected chi connectivity index (χ3v) is 7.96. The van der Waals surface area contributed by atoms with Crippen molar-refractivity contribution in [2.75, 3.05) is 13.2 Å². The normalized spacial score (nSPS) is 39.0. The van der Waals surface area contributed by atoms with Gasteiger partial charge in [0.15, 0.2) is 0 Å². The van der Waals surface area contributed by atoms with E-state index >= 15 is 0 Å². The molecule has 7 nitrogen and oxygen atoms in total. The highest BCUT2D eigenvalue weighted by molar-refractivity contribution is 5.82.